The van der Waals surface area contributed by atoms with Crippen molar-refractivity contribution >= 4 is 45.1 Å². The summed E-state index contributed by atoms with van der Waals surface area (Å²) in [5, 5.41) is 1.57. The zero-order valence-corrected chi connectivity index (χ0v) is 13.0. The van der Waals surface area contributed by atoms with Crippen LogP contribution in [0, 0.1) is 0 Å². The van der Waals surface area contributed by atoms with E-state index in [-0.39, 0.29) is 12.4 Å². The fourth-order valence-electron chi connectivity index (χ4n) is 2.18. The molecule has 0 fully saturated rings. The summed E-state index contributed by atoms with van der Waals surface area (Å²) in [6.07, 6.45) is 3.39. The number of nitrogens with two attached hydrogens (primary N) is 1. The second-order valence-electron chi connectivity index (χ2n) is 4.53. The van der Waals surface area contributed by atoms with Gasteiger partial charge >= 0.3 is 0 Å². The monoisotopic (exact) mass is 333 g/mol. The number of rotatable bonds is 3. The maximum absolute atomic E-state index is 5.79. The first-order valence-electron chi connectivity index (χ1n) is 6.43. The van der Waals surface area contributed by atoms with Gasteiger partial charge in [0.05, 0.1) is 11.0 Å². The summed E-state index contributed by atoms with van der Waals surface area (Å²) in [4.78, 5) is 8.54. The highest BCUT2D eigenvalue weighted by Crippen LogP contribution is 2.32. The van der Waals surface area contributed by atoms with Gasteiger partial charge in [-0.05, 0) is 24.3 Å². The van der Waals surface area contributed by atoms with Crippen molar-refractivity contribution < 1.29 is 9.15 Å². The van der Waals surface area contributed by atoms with Crippen molar-refractivity contribution in [2.24, 2.45) is 5.73 Å². The van der Waals surface area contributed by atoms with Crippen molar-refractivity contribution in [1.29, 1.82) is 0 Å². The van der Waals surface area contributed by atoms with Crippen LogP contribution in [0.1, 0.15) is 5.56 Å². The zero-order chi connectivity index (χ0) is 14.2. The van der Waals surface area contributed by atoms with E-state index < -0.39 is 0 Å². The van der Waals surface area contributed by atoms with Crippen LogP contribution in [0.3, 0.4) is 0 Å². The van der Waals surface area contributed by atoms with Gasteiger partial charge in [0.1, 0.15) is 11.3 Å². The Morgan fingerprint density at radius 2 is 2.18 bits per heavy atom. The molecule has 1 aromatic carbocycles. The number of nitrogens with zero attached hydrogens (tertiary/aromatic N) is 2. The number of furan rings is 1. The van der Waals surface area contributed by atoms with E-state index in [0.717, 1.165) is 21.2 Å². The van der Waals surface area contributed by atoms with Crippen molar-refractivity contribution in [3.05, 3.63) is 48.4 Å². The van der Waals surface area contributed by atoms with Crippen LogP contribution in [0.15, 0.2) is 47.2 Å². The van der Waals surface area contributed by atoms with Crippen molar-refractivity contribution in [3.63, 3.8) is 0 Å². The van der Waals surface area contributed by atoms with E-state index in [1.54, 1.807) is 12.5 Å². The number of fused-ring (bicyclic) bond motifs is 2. The fraction of sp³-hybridized carbons (Fsp3) is 0.0667. The number of benzene rings is 1. The molecule has 0 saturated carbocycles. The van der Waals surface area contributed by atoms with Gasteiger partial charge in [-0.1, -0.05) is 11.3 Å². The van der Waals surface area contributed by atoms with Crippen LogP contribution in [0.25, 0.3) is 21.3 Å². The molecule has 4 rings (SSSR count). The predicted molar refractivity (Wildman–Crippen MR) is 88.8 cm³/mol. The smallest absolute Gasteiger partial charge is 0.281 e. The number of hydrogen-bond acceptors (Lipinski definition) is 6. The van der Waals surface area contributed by atoms with Crippen molar-refractivity contribution in [1.82, 2.24) is 9.97 Å². The summed E-state index contributed by atoms with van der Waals surface area (Å²) in [5.74, 6) is 0.680. The van der Waals surface area contributed by atoms with E-state index in [1.165, 1.54) is 11.3 Å². The third-order valence-electron chi connectivity index (χ3n) is 3.20. The molecule has 3 aromatic heterocycles. The number of hydrogen-bond donors (Lipinski definition) is 1. The second-order valence-corrected chi connectivity index (χ2v) is 5.52. The summed E-state index contributed by atoms with van der Waals surface area (Å²) in [5.41, 5.74) is 8.10. The van der Waals surface area contributed by atoms with Crippen LogP contribution in [-0.2, 0) is 6.54 Å². The quantitative estimate of drug-likeness (QED) is 0.610. The lowest BCUT2D eigenvalue weighted by Gasteiger charge is -2.01. The number of aromatic nitrogens is 2. The summed E-state index contributed by atoms with van der Waals surface area (Å²) in [6.45, 7) is 0.455. The van der Waals surface area contributed by atoms with Gasteiger partial charge in [0.15, 0.2) is 5.65 Å². The molecule has 5 nitrogen and oxygen atoms in total. The Hall–Kier alpha value is -2.15. The van der Waals surface area contributed by atoms with E-state index in [2.05, 4.69) is 9.97 Å². The highest BCUT2D eigenvalue weighted by Gasteiger charge is 2.09. The van der Waals surface area contributed by atoms with Gasteiger partial charge in [-0.2, -0.15) is 4.98 Å². The van der Waals surface area contributed by atoms with Gasteiger partial charge in [0, 0.05) is 29.8 Å². The molecule has 0 saturated heterocycles. The van der Waals surface area contributed by atoms with Crippen LogP contribution in [0.5, 0.6) is 10.9 Å². The molecule has 4 aromatic rings. The molecule has 3 heterocycles. The van der Waals surface area contributed by atoms with Crippen molar-refractivity contribution in [3.8, 4) is 10.9 Å². The topological polar surface area (TPSA) is 74.2 Å². The molecule has 0 spiro atoms. The zero-order valence-electron chi connectivity index (χ0n) is 11.4. The number of halogens is 1. The van der Waals surface area contributed by atoms with Gasteiger partial charge in [0.2, 0.25) is 0 Å². The Balaban J connectivity index is 0.00000144. The normalized spacial score (nSPS) is 10.8. The minimum Gasteiger partial charge on any atom is -0.464 e. The molecule has 0 aliphatic rings. The molecule has 2 N–H and O–H groups in total. The lowest BCUT2D eigenvalue weighted by Crippen LogP contribution is -1.93. The van der Waals surface area contributed by atoms with Gasteiger partial charge < -0.3 is 14.9 Å². The third kappa shape index (κ3) is 2.52. The first-order chi connectivity index (χ1) is 10.3. The molecular formula is C15H12ClN3O2S. The summed E-state index contributed by atoms with van der Waals surface area (Å²) in [6, 6.07) is 9.52. The SMILES string of the molecule is Cl.NCc1coc2cc(Oc3nc4ncccc4s3)ccc12. The third-order valence-corrected chi connectivity index (χ3v) is 4.09. The maximum atomic E-state index is 5.79. The van der Waals surface area contributed by atoms with E-state index in [4.69, 9.17) is 14.9 Å². The first-order valence-corrected chi connectivity index (χ1v) is 7.25. The van der Waals surface area contributed by atoms with Crippen LogP contribution < -0.4 is 10.5 Å². The lowest BCUT2D eigenvalue weighted by atomic mass is 10.2. The highest BCUT2D eigenvalue weighted by atomic mass is 35.5. The minimum atomic E-state index is 0. The first kappa shape index (κ1) is 14.8. The maximum Gasteiger partial charge on any atom is 0.281 e. The molecule has 0 aliphatic heterocycles. The Labute approximate surface area is 136 Å². The highest BCUT2D eigenvalue weighted by molar-refractivity contribution is 7.20. The molecular weight excluding hydrogens is 322 g/mol. The average molecular weight is 334 g/mol. The Kier molecular flexibility index (Phi) is 3.98. The van der Waals surface area contributed by atoms with Crippen LogP contribution in [-0.4, -0.2) is 9.97 Å². The van der Waals surface area contributed by atoms with Crippen molar-refractivity contribution in [2.45, 2.75) is 6.54 Å². The second kappa shape index (κ2) is 5.92. The molecule has 0 amide bonds. The van der Waals surface area contributed by atoms with Crippen LogP contribution >= 0.6 is 23.7 Å². The largest absolute Gasteiger partial charge is 0.464 e. The van der Waals surface area contributed by atoms with Gasteiger partial charge in [-0.3, -0.25) is 0 Å². The van der Waals surface area contributed by atoms with Crippen LogP contribution in [0.2, 0.25) is 0 Å². The molecule has 0 atom stereocenters. The van der Waals surface area contributed by atoms with Gasteiger partial charge in [-0.15, -0.1) is 12.4 Å². The predicted octanol–water partition coefficient (Wildman–Crippen LogP) is 4.11. The van der Waals surface area contributed by atoms with E-state index in [1.807, 2.05) is 30.3 Å². The van der Waals surface area contributed by atoms with E-state index in [9.17, 15) is 0 Å². The Bertz CT molecular complexity index is 902. The number of thiazole rings is 1. The van der Waals surface area contributed by atoms with Gasteiger partial charge in [-0.25, -0.2) is 4.98 Å². The average Bonchev–Trinajstić information content (AvgIpc) is 3.09. The molecule has 22 heavy (non-hydrogen) atoms. The molecule has 7 heteroatoms. The molecule has 0 radical (unpaired) electrons. The number of pyridine rings is 1. The van der Waals surface area contributed by atoms with Gasteiger partial charge in [0.25, 0.3) is 5.19 Å². The molecule has 0 unspecified atom stereocenters. The fourth-order valence-corrected chi connectivity index (χ4v) is 2.97. The summed E-state index contributed by atoms with van der Waals surface area (Å²) < 4.78 is 12.3. The van der Waals surface area contributed by atoms with E-state index >= 15 is 0 Å². The number of ether oxygens (including phenoxy) is 1. The van der Waals surface area contributed by atoms with Crippen molar-refractivity contribution in [2.75, 3.05) is 0 Å². The summed E-state index contributed by atoms with van der Waals surface area (Å²) in [7, 11) is 0. The minimum absolute atomic E-state index is 0. The van der Waals surface area contributed by atoms with E-state index in [0.29, 0.717) is 23.1 Å². The molecule has 112 valence electrons. The Morgan fingerprint density at radius 1 is 1.27 bits per heavy atom. The molecule has 0 aliphatic carbocycles. The Morgan fingerprint density at radius 3 is 3.00 bits per heavy atom. The standard InChI is InChI=1S/C15H11N3O2S.ClH/c16-7-9-8-19-12-6-10(3-4-11(9)12)20-15-18-14-13(21-15)2-1-5-17-14;/h1-6,8H,7,16H2;1H. The van der Waals surface area contributed by atoms with Crippen LogP contribution in [0.4, 0.5) is 0 Å². The molecule has 0 bridgehead atoms. The summed E-state index contributed by atoms with van der Waals surface area (Å²) >= 11 is 1.46. The lowest BCUT2D eigenvalue weighted by molar-refractivity contribution is 0.479.